The summed E-state index contributed by atoms with van der Waals surface area (Å²) >= 11 is 1.51. The van der Waals surface area contributed by atoms with E-state index in [1.54, 1.807) is 0 Å². The number of ether oxygens (including phenoxy) is 1. The van der Waals surface area contributed by atoms with E-state index in [1.165, 1.54) is 18.4 Å². The summed E-state index contributed by atoms with van der Waals surface area (Å²) in [6.45, 7) is 6.19. The predicted octanol–water partition coefficient (Wildman–Crippen LogP) is 4.02. The summed E-state index contributed by atoms with van der Waals surface area (Å²) in [4.78, 5) is 27.5. The first kappa shape index (κ1) is 20.0. The Morgan fingerprint density at radius 2 is 1.92 bits per heavy atom. The van der Waals surface area contributed by atoms with Crippen LogP contribution in [0.5, 0.6) is 0 Å². The van der Waals surface area contributed by atoms with Crippen LogP contribution < -0.4 is 10.2 Å². The summed E-state index contributed by atoms with van der Waals surface area (Å²) in [5.74, 6) is -0.547. The van der Waals surface area contributed by atoms with E-state index in [-0.39, 0.29) is 24.3 Å². The van der Waals surface area contributed by atoms with Gasteiger partial charge in [0, 0.05) is 29.2 Å². The monoisotopic (exact) mass is 374 g/mol. The van der Waals surface area contributed by atoms with Gasteiger partial charge in [-0.2, -0.15) is 0 Å². The molecular formula is C20H26N2O3S. The Balaban J connectivity index is 2.10. The van der Waals surface area contributed by atoms with E-state index in [2.05, 4.69) is 24.1 Å². The number of rotatable bonds is 9. The van der Waals surface area contributed by atoms with Crippen LogP contribution in [-0.2, 0) is 9.53 Å². The molecule has 5 nitrogen and oxygen atoms in total. The van der Waals surface area contributed by atoms with Crippen molar-refractivity contribution in [1.82, 2.24) is 5.32 Å². The lowest BCUT2D eigenvalue weighted by Crippen LogP contribution is -2.30. The molecule has 1 heterocycles. The molecule has 0 fully saturated rings. The Morgan fingerprint density at radius 1 is 1.19 bits per heavy atom. The standard InChI is InChI=1S/C20H26N2O3S/c1-4-12-22(5-2)16-10-8-15(9-11-16)20(24)21-17(14-19(23)25-3)18-7-6-13-26-18/h6-11,13,17H,4-5,12,14H2,1-3H3,(H,21,24). The number of amides is 1. The topological polar surface area (TPSA) is 58.6 Å². The van der Waals surface area contributed by atoms with Crippen LogP contribution in [0.2, 0.25) is 0 Å². The summed E-state index contributed by atoms with van der Waals surface area (Å²) in [7, 11) is 1.35. The fourth-order valence-electron chi connectivity index (χ4n) is 2.77. The zero-order chi connectivity index (χ0) is 18.9. The van der Waals surface area contributed by atoms with Crippen LogP contribution in [0.4, 0.5) is 5.69 Å². The van der Waals surface area contributed by atoms with Gasteiger partial charge in [-0.05, 0) is 49.1 Å². The summed E-state index contributed by atoms with van der Waals surface area (Å²) in [6.07, 6.45) is 1.19. The lowest BCUT2D eigenvalue weighted by atomic mass is 10.1. The fourth-order valence-corrected chi connectivity index (χ4v) is 3.55. The molecule has 0 bridgehead atoms. The Kier molecular flexibility index (Phi) is 7.66. The van der Waals surface area contributed by atoms with Gasteiger partial charge in [-0.25, -0.2) is 0 Å². The summed E-state index contributed by atoms with van der Waals surface area (Å²) in [5.41, 5.74) is 1.68. The number of nitrogens with one attached hydrogen (secondary N) is 1. The maximum Gasteiger partial charge on any atom is 0.307 e. The largest absolute Gasteiger partial charge is 0.469 e. The third-order valence-electron chi connectivity index (χ3n) is 4.16. The Bertz CT molecular complexity index is 698. The second-order valence-electron chi connectivity index (χ2n) is 5.95. The van der Waals surface area contributed by atoms with Crippen LogP contribution in [0.25, 0.3) is 0 Å². The minimum atomic E-state index is -0.387. The number of benzene rings is 1. The molecule has 0 aliphatic rings. The summed E-state index contributed by atoms with van der Waals surface area (Å²) in [6, 6.07) is 11.0. The number of carbonyl (C=O) groups excluding carboxylic acids is 2. The van der Waals surface area contributed by atoms with Crippen LogP contribution in [0, 0.1) is 0 Å². The van der Waals surface area contributed by atoms with Crippen molar-refractivity contribution in [3.05, 3.63) is 52.2 Å². The third-order valence-corrected chi connectivity index (χ3v) is 5.15. The first-order valence-corrected chi connectivity index (χ1v) is 9.73. The zero-order valence-corrected chi connectivity index (χ0v) is 16.3. The number of hydrogen-bond donors (Lipinski definition) is 1. The highest BCUT2D eigenvalue weighted by atomic mass is 32.1. The number of thiophene rings is 1. The first-order valence-electron chi connectivity index (χ1n) is 8.85. The van der Waals surface area contributed by atoms with Gasteiger partial charge in [0.1, 0.15) is 0 Å². The van der Waals surface area contributed by atoms with Crippen molar-refractivity contribution in [2.75, 3.05) is 25.1 Å². The molecule has 2 rings (SSSR count). The molecule has 1 aromatic carbocycles. The number of nitrogens with zero attached hydrogens (tertiary/aromatic N) is 1. The van der Waals surface area contributed by atoms with Gasteiger partial charge in [0.15, 0.2) is 0 Å². The molecule has 1 N–H and O–H groups in total. The van der Waals surface area contributed by atoms with Gasteiger partial charge in [-0.1, -0.05) is 13.0 Å². The molecule has 1 amide bonds. The van der Waals surface area contributed by atoms with Crippen LogP contribution in [0.1, 0.15) is 48.0 Å². The van der Waals surface area contributed by atoms with Crippen LogP contribution in [0.15, 0.2) is 41.8 Å². The van der Waals surface area contributed by atoms with Gasteiger partial charge in [0.05, 0.1) is 19.6 Å². The van der Waals surface area contributed by atoms with Crippen molar-refractivity contribution < 1.29 is 14.3 Å². The normalized spacial score (nSPS) is 11.7. The van der Waals surface area contributed by atoms with Gasteiger partial charge in [-0.3, -0.25) is 9.59 Å². The zero-order valence-electron chi connectivity index (χ0n) is 15.5. The van der Waals surface area contributed by atoms with E-state index in [4.69, 9.17) is 4.74 Å². The van der Waals surface area contributed by atoms with Crippen molar-refractivity contribution >= 4 is 28.9 Å². The van der Waals surface area contributed by atoms with Crippen LogP contribution in [0.3, 0.4) is 0 Å². The summed E-state index contributed by atoms with van der Waals surface area (Å²) in [5, 5.41) is 4.87. The highest BCUT2D eigenvalue weighted by molar-refractivity contribution is 7.10. The molecule has 1 atom stereocenters. The summed E-state index contributed by atoms with van der Waals surface area (Å²) < 4.78 is 4.75. The van der Waals surface area contributed by atoms with Gasteiger partial charge in [0.2, 0.25) is 0 Å². The van der Waals surface area contributed by atoms with Crippen molar-refractivity contribution in [1.29, 1.82) is 0 Å². The van der Waals surface area contributed by atoms with E-state index in [1.807, 2.05) is 41.8 Å². The molecule has 0 spiro atoms. The van der Waals surface area contributed by atoms with E-state index in [0.29, 0.717) is 5.56 Å². The molecule has 0 aliphatic carbocycles. The number of anilines is 1. The number of methoxy groups -OCH3 is 1. The molecule has 1 unspecified atom stereocenters. The highest BCUT2D eigenvalue weighted by Gasteiger charge is 2.20. The van der Waals surface area contributed by atoms with Gasteiger partial charge in [0.25, 0.3) is 5.91 Å². The molecule has 2 aromatic rings. The van der Waals surface area contributed by atoms with Crippen molar-refractivity contribution in [3.63, 3.8) is 0 Å². The molecule has 1 aromatic heterocycles. The molecule has 0 saturated carbocycles. The van der Waals surface area contributed by atoms with Crippen LogP contribution >= 0.6 is 11.3 Å². The molecular weight excluding hydrogens is 348 g/mol. The average molecular weight is 375 g/mol. The molecule has 0 saturated heterocycles. The van der Waals surface area contributed by atoms with Crippen molar-refractivity contribution in [3.8, 4) is 0 Å². The molecule has 140 valence electrons. The molecule has 26 heavy (non-hydrogen) atoms. The molecule has 6 heteroatoms. The van der Waals surface area contributed by atoms with Crippen molar-refractivity contribution in [2.45, 2.75) is 32.7 Å². The van der Waals surface area contributed by atoms with Gasteiger partial charge < -0.3 is 15.0 Å². The van der Waals surface area contributed by atoms with Gasteiger partial charge >= 0.3 is 5.97 Å². The Morgan fingerprint density at radius 3 is 2.46 bits per heavy atom. The van der Waals surface area contributed by atoms with E-state index in [0.717, 1.165) is 30.1 Å². The Labute approximate surface area is 159 Å². The maximum atomic E-state index is 12.6. The molecule has 0 aliphatic heterocycles. The Hall–Kier alpha value is -2.34. The minimum absolute atomic E-state index is 0.112. The minimum Gasteiger partial charge on any atom is -0.469 e. The number of esters is 1. The second-order valence-corrected chi connectivity index (χ2v) is 6.93. The third kappa shape index (κ3) is 5.33. The quantitative estimate of drug-likeness (QED) is 0.674. The molecule has 0 radical (unpaired) electrons. The van der Waals surface area contributed by atoms with Gasteiger partial charge in [-0.15, -0.1) is 11.3 Å². The predicted molar refractivity (Wildman–Crippen MR) is 106 cm³/mol. The average Bonchev–Trinajstić information content (AvgIpc) is 3.20. The number of carbonyl (C=O) groups is 2. The number of hydrogen-bond acceptors (Lipinski definition) is 5. The second kappa shape index (κ2) is 9.97. The maximum absolute atomic E-state index is 12.6. The lowest BCUT2D eigenvalue weighted by molar-refractivity contribution is -0.141. The smallest absolute Gasteiger partial charge is 0.307 e. The SMILES string of the molecule is CCCN(CC)c1ccc(C(=O)NC(CC(=O)OC)c2cccs2)cc1. The fraction of sp³-hybridized carbons (Fsp3) is 0.400. The van der Waals surface area contributed by atoms with Crippen molar-refractivity contribution in [2.24, 2.45) is 0 Å². The van der Waals surface area contributed by atoms with E-state index >= 15 is 0 Å². The van der Waals surface area contributed by atoms with E-state index in [9.17, 15) is 9.59 Å². The van der Waals surface area contributed by atoms with E-state index < -0.39 is 0 Å². The highest BCUT2D eigenvalue weighted by Crippen LogP contribution is 2.23. The van der Waals surface area contributed by atoms with Crippen LogP contribution in [-0.4, -0.2) is 32.1 Å². The first-order chi connectivity index (χ1) is 12.6. The lowest BCUT2D eigenvalue weighted by Gasteiger charge is -2.22.